The molecule has 3 heteroatoms. The predicted octanol–water partition coefficient (Wildman–Crippen LogP) is 5.50. The summed E-state index contributed by atoms with van der Waals surface area (Å²) in [6.45, 7) is 0.795. The second-order valence-corrected chi connectivity index (χ2v) is 7.61. The zero-order valence-electron chi connectivity index (χ0n) is 13.4. The molecule has 0 fully saturated rings. The van der Waals surface area contributed by atoms with Crippen molar-refractivity contribution in [3.63, 3.8) is 0 Å². The van der Waals surface area contributed by atoms with Gasteiger partial charge in [0.05, 0.1) is 0 Å². The Labute approximate surface area is 164 Å². The first-order valence-electron chi connectivity index (χ1n) is 8.30. The summed E-state index contributed by atoms with van der Waals surface area (Å²) in [5, 5.41) is 0. The minimum Gasteiger partial charge on any atom is -0.330 e. The maximum atomic E-state index is 5.79. The molecule has 3 rings (SSSR count). The Balaban J connectivity index is 0.00000192. The monoisotopic (exact) mass is 485 g/mol. The minimum atomic E-state index is 0. The first-order chi connectivity index (χ1) is 10.8. The van der Waals surface area contributed by atoms with Crippen molar-refractivity contribution in [2.45, 2.75) is 38.0 Å². The van der Waals surface area contributed by atoms with Crippen LogP contribution < -0.4 is 5.73 Å². The third-order valence-corrected chi connectivity index (χ3v) is 5.62. The summed E-state index contributed by atoms with van der Waals surface area (Å²) in [4.78, 5) is 0. The molecule has 1 nitrogen and oxygen atoms in total. The number of nitrogens with two attached hydrogens (primary N) is 1. The van der Waals surface area contributed by atoms with Gasteiger partial charge in [0.2, 0.25) is 0 Å². The highest BCUT2D eigenvalue weighted by Gasteiger charge is 2.27. The Kier molecular flexibility index (Phi) is 7.57. The van der Waals surface area contributed by atoms with Crippen molar-refractivity contribution in [3.05, 3.63) is 68.8 Å². The Morgan fingerprint density at radius 3 is 2.61 bits per heavy atom. The van der Waals surface area contributed by atoms with Gasteiger partial charge in [-0.1, -0.05) is 36.4 Å². The van der Waals surface area contributed by atoms with Crippen LogP contribution in [0.25, 0.3) is 0 Å². The van der Waals surface area contributed by atoms with E-state index in [2.05, 4.69) is 71.1 Å². The average molecular weight is 486 g/mol. The molecule has 2 unspecified atom stereocenters. The van der Waals surface area contributed by atoms with E-state index in [1.54, 1.807) is 11.1 Å². The van der Waals surface area contributed by atoms with Crippen LogP contribution >= 0.6 is 39.6 Å². The molecule has 0 aromatic heterocycles. The van der Waals surface area contributed by atoms with Crippen LogP contribution in [0.3, 0.4) is 0 Å². The second-order valence-electron chi connectivity index (χ2n) is 6.36. The summed E-state index contributed by atoms with van der Waals surface area (Å²) in [5.41, 5.74) is 10.4. The fourth-order valence-corrected chi connectivity index (χ4v) is 4.39. The van der Waals surface area contributed by atoms with Crippen molar-refractivity contribution in [3.8, 4) is 0 Å². The molecule has 0 heterocycles. The molecule has 0 spiro atoms. The summed E-state index contributed by atoms with van der Waals surface area (Å²) < 4.78 is 1.34. The molecule has 124 valence electrons. The summed E-state index contributed by atoms with van der Waals surface area (Å²) in [6, 6.07) is 18.0. The number of halogens is 2. The lowest BCUT2D eigenvalue weighted by Crippen LogP contribution is -2.22. The topological polar surface area (TPSA) is 26.0 Å². The van der Waals surface area contributed by atoms with Gasteiger partial charge in [-0.3, -0.25) is 0 Å². The highest BCUT2D eigenvalue weighted by Crippen LogP contribution is 2.38. The van der Waals surface area contributed by atoms with Crippen LogP contribution in [0.4, 0.5) is 0 Å². The van der Waals surface area contributed by atoms with Gasteiger partial charge in [0.25, 0.3) is 0 Å². The molecule has 2 aromatic carbocycles. The largest absolute Gasteiger partial charge is 0.330 e. The van der Waals surface area contributed by atoms with Crippen molar-refractivity contribution in [1.82, 2.24) is 0 Å². The van der Waals surface area contributed by atoms with E-state index in [4.69, 9.17) is 5.73 Å². The predicted molar refractivity (Wildman–Crippen MR) is 112 cm³/mol. The van der Waals surface area contributed by atoms with E-state index < -0.39 is 0 Å². The molecule has 0 amide bonds. The standard InChI is InChI=1S/C20H24IN.BrH/c21-19-8-3-7-17(14-19)20(9-4-12-22)18-11-10-15-5-1-2-6-16(15)13-18;/h1-3,5-8,14,18,20H,4,9-13,22H2;1H. The van der Waals surface area contributed by atoms with Gasteiger partial charge >= 0.3 is 0 Å². The molecule has 2 atom stereocenters. The van der Waals surface area contributed by atoms with Crippen molar-refractivity contribution < 1.29 is 0 Å². The van der Waals surface area contributed by atoms with Gasteiger partial charge in [0.1, 0.15) is 0 Å². The highest BCUT2D eigenvalue weighted by molar-refractivity contribution is 14.1. The smallest absolute Gasteiger partial charge is 0.0133 e. The van der Waals surface area contributed by atoms with Gasteiger partial charge in [-0.15, -0.1) is 17.0 Å². The number of fused-ring (bicyclic) bond motifs is 1. The van der Waals surface area contributed by atoms with E-state index in [-0.39, 0.29) is 17.0 Å². The first-order valence-corrected chi connectivity index (χ1v) is 9.38. The third-order valence-electron chi connectivity index (χ3n) is 4.95. The van der Waals surface area contributed by atoms with Crippen LogP contribution in [0.1, 0.15) is 41.9 Å². The van der Waals surface area contributed by atoms with E-state index in [9.17, 15) is 0 Å². The average Bonchev–Trinajstić information content (AvgIpc) is 2.55. The SMILES string of the molecule is Br.NCCCC(c1cccc(I)c1)C1CCc2ccccc2C1. The molecule has 1 aliphatic carbocycles. The maximum absolute atomic E-state index is 5.79. The fourth-order valence-electron chi connectivity index (χ4n) is 3.82. The second kappa shape index (κ2) is 9.19. The fraction of sp³-hybridized carbons (Fsp3) is 0.400. The van der Waals surface area contributed by atoms with Crippen molar-refractivity contribution in [2.75, 3.05) is 6.54 Å². The van der Waals surface area contributed by atoms with Gasteiger partial charge in [-0.25, -0.2) is 0 Å². The van der Waals surface area contributed by atoms with Gasteiger partial charge in [0, 0.05) is 3.57 Å². The van der Waals surface area contributed by atoms with E-state index in [1.165, 1.54) is 34.8 Å². The van der Waals surface area contributed by atoms with Crippen LogP contribution in [0.2, 0.25) is 0 Å². The van der Waals surface area contributed by atoms with Crippen molar-refractivity contribution in [1.29, 1.82) is 0 Å². The lowest BCUT2D eigenvalue weighted by atomic mass is 9.73. The Bertz CT molecular complexity index is 629. The number of hydrogen-bond donors (Lipinski definition) is 1. The van der Waals surface area contributed by atoms with Crippen molar-refractivity contribution in [2.24, 2.45) is 11.7 Å². The molecule has 0 aliphatic heterocycles. The summed E-state index contributed by atoms with van der Waals surface area (Å²) >= 11 is 2.42. The van der Waals surface area contributed by atoms with Gasteiger partial charge in [-0.2, -0.15) is 0 Å². The first kappa shape index (κ1) is 18.9. The van der Waals surface area contributed by atoms with Gasteiger partial charge in [0.15, 0.2) is 0 Å². The maximum Gasteiger partial charge on any atom is 0.0133 e. The van der Waals surface area contributed by atoms with Crippen LogP contribution in [0, 0.1) is 9.49 Å². The van der Waals surface area contributed by atoms with Crippen LogP contribution in [0.15, 0.2) is 48.5 Å². The lowest BCUT2D eigenvalue weighted by Gasteiger charge is -2.32. The zero-order valence-corrected chi connectivity index (χ0v) is 17.3. The lowest BCUT2D eigenvalue weighted by molar-refractivity contribution is 0.355. The molecule has 0 saturated carbocycles. The Hall–Kier alpha value is -0.390. The van der Waals surface area contributed by atoms with E-state index in [0.717, 1.165) is 18.9 Å². The molecule has 0 saturated heterocycles. The van der Waals surface area contributed by atoms with Crippen LogP contribution in [-0.2, 0) is 12.8 Å². The Morgan fingerprint density at radius 2 is 1.87 bits per heavy atom. The third kappa shape index (κ3) is 4.80. The normalized spacial score (nSPS) is 17.9. The van der Waals surface area contributed by atoms with Gasteiger partial charge < -0.3 is 5.73 Å². The summed E-state index contributed by atoms with van der Waals surface area (Å²) in [6.07, 6.45) is 6.08. The van der Waals surface area contributed by atoms with E-state index in [0.29, 0.717) is 5.92 Å². The van der Waals surface area contributed by atoms with Crippen molar-refractivity contribution >= 4 is 39.6 Å². The van der Waals surface area contributed by atoms with Crippen LogP contribution in [0.5, 0.6) is 0 Å². The van der Waals surface area contributed by atoms with Crippen LogP contribution in [-0.4, -0.2) is 6.54 Å². The molecule has 0 radical (unpaired) electrons. The molecular formula is C20H25BrIN. The number of hydrogen-bond acceptors (Lipinski definition) is 1. The number of aryl methyl sites for hydroxylation is 1. The summed E-state index contributed by atoms with van der Waals surface area (Å²) in [7, 11) is 0. The molecule has 0 bridgehead atoms. The number of rotatable bonds is 5. The molecule has 2 aromatic rings. The molecule has 2 N–H and O–H groups in total. The number of benzene rings is 2. The van der Waals surface area contributed by atoms with E-state index in [1.807, 2.05) is 0 Å². The Morgan fingerprint density at radius 1 is 1.09 bits per heavy atom. The quantitative estimate of drug-likeness (QED) is 0.556. The highest BCUT2D eigenvalue weighted by atomic mass is 127. The minimum absolute atomic E-state index is 0. The summed E-state index contributed by atoms with van der Waals surface area (Å²) in [5.74, 6) is 1.39. The zero-order chi connectivity index (χ0) is 15.4. The van der Waals surface area contributed by atoms with Gasteiger partial charge in [-0.05, 0) is 102 Å². The molecule has 23 heavy (non-hydrogen) atoms. The van der Waals surface area contributed by atoms with E-state index >= 15 is 0 Å². The molecule has 1 aliphatic rings. The molecular weight excluding hydrogens is 461 g/mol.